The second kappa shape index (κ2) is 8.82. The minimum absolute atomic E-state index is 0.0864. The van der Waals surface area contributed by atoms with Gasteiger partial charge in [-0.15, -0.1) is 0 Å². The van der Waals surface area contributed by atoms with E-state index in [1.165, 1.54) is 12.1 Å². The lowest BCUT2D eigenvalue weighted by atomic mass is 10.2. The molecule has 0 saturated carbocycles. The molecule has 1 heterocycles. The van der Waals surface area contributed by atoms with E-state index in [1.807, 2.05) is 6.07 Å². The topological polar surface area (TPSA) is 56.6 Å². The first-order valence-electron chi connectivity index (χ1n) is 7.53. The fourth-order valence-corrected chi connectivity index (χ4v) is 2.67. The fraction of sp³-hybridized carbons (Fsp3) is 0.500. The summed E-state index contributed by atoms with van der Waals surface area (Å²) >= 11 is 5.97. The van der Waals surface area contributed by atoms with E-state index in [0.29, 0.717) is 32.8 Å². The van der Waals surface area contributed by atoms with Gasteiger partial charge in [0.1, 0.15) is 5.82 Å². The molecule has 1 amide bonds. The van der Waals surface area contributed by atoms with E-state index in [1.54, 1.807) is 4.90 Å². The van der Waals surface area contributed by atoms with Crippen LogP contribution in [0.3, 0.4) is 0 Å². The van der Waals surface area contributed by atoms with Crippen LogP contribution < -0.4 is 0 Å². The van der Waals surface area contributed by atoms with Crippen LogP contribution in [-0.2, 0) is 4.74 Å². The summed E-state index contributed by atoms with van der Waals surface area (Å²) in [5.74, 6) is -0.762. The maximum atomic E-state index is 13.1. The van der Waals surface area contributed by atoms with Crippen molar-refractivity contribution in [2.75, 3.05) is 45.9 Å². The van der Waals surface area contributed by atoms with Gasteiger partial charge in [0, 0.05) is 32.7 Å². The fourth-order valence-electron chi connectivity index (χ4n) is 2.42. The Morgan fingerprint density at radius 2 is 2.13 bits per heavy atom. The SMILES string of the molecule is N#CCCN(CCN1CCOCC1)C(=O)c1ccc(F)cc1Cl. The van der Waals surface area contributed by atoms with Crippen molar-refractivity contribution in [3.05, 3.63) is 34.6 Å². The van der Waals surface area contributed by atoms with E-state index in [-0.39, 0.29) is 22.9 Å². The number of nitrogens with zero attached hydrogens (tertiary/aromatic N) is 3. The van der Waals surface area contributed by atoms with Crippen LogP contribution in [0.4, 0.5) is 4.39 Å². The van der Waals surface area contributed by atoms with Crippen LogP contribution in [0.25, 0.3) is 0 Å². The number of nitriles is 1. The molecule has 0 atom stereocenters. The second-order valence-corrected chi connectivity index (χ2v) is 5.69. The van der Waals surface area contributed by atoms with Crippen LogP contribution in [0.2, 0.25) is 5.02 Å². The molecule has 0 spiro atoms. The Balaban J connectivity index is 2.03. The number of amides is 1. The third kappa shape index (κ3) is 5.17. The van der Waals surface area contributed by atoms with E-state index in [4.69, 9.17) is 21.6 Å². The van der Waals surface area contributed by atoms with Crippen LogP contribution in [-0.4, -0.2) is 61.6 Å². The highest BCUT2D eigenvalue weighted by atomic mass is 35.5. The second-order valence-electron chi connectivity index (χ2n) is 5.28. The summed E-state index contributed by atoms with van der Waals surface area (Å²) in [4.78, 5) is 16.4. The third-order valence-corrected chi connectivity index (χ3v) is 4.04. The molecular formula is C16H19ClFN3O2. The molecule has 0 unspecified atom stereocenters. The molecular weight excluding hydrogens is 321 g/mol. The number of halogens is 2. The first-order valence-corrected chi connectivity index (χ1v) is 7.91. The van der Waals surface area contributed by atoms with Gasteiger partial charge in [0.05, 0.1) is 36.3 Å². The smallest absolute Gasteiger partial charge is 0.255 e. The lowest BCUT2D eigenvalue weighted by Crippen LogP contribution is -2.43. The zero-order chi connectivity index (χ0) is 16.7. The average Bonchev–Trinajstić information content (AvgIpc) is 2.55. The number of ether oxygens (including phenoxy) is 1. The summed E-state index contributed by atoms with van der Waals surface area (Å²) in [6, 6.07) is 5.76. The van der Waals surface area contributed by atoms with E-state index in [0.717, 1.165) is 19.2 Å². The van der Waals surface area contributed by atoms with E-state index >= 15 is 0 Å². The Morgan fingerprint density at radius 3 is 2.78 bits per heavy atom. The van der Waals surface area contributed by atoms with Gasteiger partial charge >= 0.3 is 0 Å². The van der Waals surface area contributed by atoms with Gasteiger partial charge in [-0.2, -0.15) is 5.26 Å². The Morgan fingerprint density at radius 1 is 1.39 bits per heavy atom. The highest BCUT2D eigenvalue weighted by molar-refractivity contribution is 6.33. The summed E-state index contributed by atoms with van der Waals surface area (Å²) in [5.41, 5.74) is 0.257. The largest absolute Gasteiger partial charge is 0.379 e. The molecule has 1 fully saturated rings. The van der Waals surface area contributed by atoms with E-state index < -0.39 is 5.82 Å². The highest BCUT2D eigenvalue weighted by Crippen LogP contribution is 2.19. The van der Waals surface area contributed by atoms with Crippen LogP contribution in [0.1, 0.15) is 16.8 Å². The Labute approximate surface area is 140 Å². The Hall–Kier alpha value is -1.68. The molecule has 1 saturated heterocycles. The van der Waals surface area contributed by atoms with Crippen molar-refractivity contribution in [3.63, 3.8) is 0 Å². The van der Waals surface area contributed by atoms with Gasteiger partial charge in [-0.25, -0.2) is 4.39 Å². The number of carbonyl (C=O) groups excluding carboxylic acids is 1. The molecule has 1 aromatic rings. The van der Waals surface area contributed by atoms with Crippen LogP contribution in [0.15, 0.2) is 18.2 Å². The van der Waals surface area contributed by atoms with Gasteiger partial charge in [0.25, 0.3) is 5.91 Å². The maximum Gasteiger partial charge on any atom is 0.255 e. The van der Waals surface area contributed by atoms with Crippen LogP contribution in [0, 0.1) is 17.1 Å². The van der Waals surface area contributed by atoms with Crippen molar-refractivity contribution in [3.8, 4) is 6.07 Å². The molecule has 0 N–H and O–H groups in total. The molecule has 7 heteroatoms. The highest BCUT2D eigenvalue weighted by Gasteiger charge is 2.20. The lowest BCUT2D eigenvalue weighted by molar-refractivity contribution is 0.0326. The van der Waals surface area contributed by atoms with Crippen molar-refractivity contribution < 1.29 is 13.9 Å². The molecule has 0 aliphatic carbocycles. The van der Waals surface area contributed by atoms with Crippen molar-refractivity contribution in [2.24, 2.45) is 0 Å². The van der Waals surface area contributed by atoms with Crippen molar-refractivity contribution in [1.82, 2.24) is 9.80 Å². The molecule has 1 aliphatic rings. The summed E-state index contributed by atoms with van der Waals surface area (Å²) in [6.45, 7) is 4.57. The number of carbonyl (C=O) groups is 1. The zero-order valence-electron chi connectivity index (χ0n) is 12.8. The molecule has 1 aromatic carbocycles. The molecule has 0 aromatic heterocycles. The molecule has 5 nitrogen and oxygen atoms in total. The molecule has 0 radical (unpaired) electrons. The van der Waals surface area contributed by atoms with Gasteiger partial charge in [-0.05, 0) is 18.2 Å². The molecule has 2 rings (SSSR count). The van der Waals surface area contributed by atoms with Crippen molar-refractivity contribution in [2.45, 2.75) is 6.42 Å². The van der Waals surface area contributed by atoms with Gasteiger partial charge in [-0.3, -0.25) is 9.69 Å². The first kappa shape index (κ1) is 17.7. The standard InChI is InChI=1S/C16H19ClFN3O2/c17-15-12-13(18)2-3-14(15)16(22)21(5-1-4-19)7-6-20-8-10-23-11-9-20/h2-3,12H,1,5-11H2. The monoisotopic (exact) mass is 339 g/mol. The number of benzene rings is 1. The Bertz CT molecular complexity index is 585. The van der Waals surface area contributed by atoms with Gasteiger partial charge in [0.15, 0.2) is 0 Å². The van der Waals surface area contributed by atoms with Gasteiger partial charge in [0.2, 0.25) is 0 Å². The quantitative estimate of drug-likeness (QED) is 0.797. The average molecular weight is 340 g/mol. The third-order valence-electron chi connectivity index (χ3n) is 3.73. The van der Waals surface area contributed by atoms with E-state index in [2.05, 4.69) is 4.90 Å². The molecule has 124 valence electrons. The maximum absolute atomic E-state index is 13.1. The van der Waals surface area contributed by atoms with Gasteiger partial charge < -0.3 is 9.64 Å². The normalized spacial score (nSPS) is 15.2. The van der Waals surface area contributed by atoms with Crippen molar-refractivity contribution >= 4 is 17.5 Å². The summed E-state index contributed by atoms with van der Waals surface area (Å²) < 4.78 is 18.4. The van der Waals surface area contributed by atoms with Crippen molar-refractivity contribution in [1.29, 1.82) is 5.26 Å². The molecule has 23 heavy (non-hydrogen) atoms. The van der Waals surface area contributed by atoms with E-state index in [9.17, 15) is 9.18 Å². The molecule has 0 bridgehead atoms. The lowest BCUT2D eigenvalue weighted by Gasteiger charge is -2.30. The summed E-state index contributed by atoms with van der Waals surface area (Å²) in [5, 5.41) is 8.87. The molecule has 1 aliphatic heterocycles. The van der Waals surface area contributed by atoms with Gasteiger partial charge in [-0.1, -0.05) is 11.6 Å². The predicted molar refractivity (Wildman–Crippen MR) is 84.8 cm³/mol. The number of rotatable bonds is 6. The minimum Gasteiger partial charge on any atom is -0.379 e. The minimum atomic E-state index is -0.483. The predicted octanol–water partition coefficient (Wildman–Crippen LogP) is 2.17. The van der Waals surface area contributed by atoms with Crippen LogP contribution >= 0.6 is 11.6 Å². The number of hydrogen-bond acceptors (Lipinski definition) is 4. The Kier molecular flexibility index (Phi) is 6.78. The number of morpholine rings is 1. The summed E-state index contributed by atoms with van der Waals surface area (Å²) in [7, 11) is 0. The van der Waals surface area contributed by atoms with Crippen LogP contribution in [0.5, 0.6) is 0 Å². The summed E-state index contributed by atoms with van der Waals surface area (Å²) in [6.07, 6.45) is 0.244. The number of hydrogen-bond donors (Lipinski definition) is 0. The first-order chi connectivity index (χ1) is 11.1. The zero-order valence-corrected chi connectivity index (χ0v) is 13.6.